The minimum atomic E-state index is -0.114. The van der Waals surface area contributed by atoms with Gasteiger partial charge in [0.2, 0.25) is 11.8 Å². The van der Waals surface area contributed by atoms with Gasteiger partial charge in [0.15, 0.2) is 0 Å². The van der Waals surface area contributed by atoms with Crippen LogP contribution in [0.5, 0.6) is 17.5 Å². The topological polar surface area (TPSA) is 65.5 Å². The predicted octanol–water partition coefficient (Wildman–Crippen LogP) is 1.87. The Morgan fingerprint density at radius 1 is 1.20 bits per heavy atom. The first-order valence-corrected chi connectivity index (χ1v) is 6.86. The lowest BCUT2D eigenvalue weighted by Crippen LogP contribution is -2.19. The lowest BCUT2D eigenvalue weighted by molar-refractivity contribution is 0.353. The smallest absolute Gasteiger partial charge is 0.240 e. The van der Waals surface area contributed by atoms with E-state index in [0.29, 0.717) is 17.5 Å². The van der Waals surface area contributed by atoms with Crippen molar-refractivity contribution in [2.24, 2.45) is 0 Å². The Hall–Kier alpha value is -1.86. The van der Waals surface area contributed by atoms with Gasteiger partial charge in [-0.2, -0.15) is 4.98 Å². The van der Waals surface area contributed by atoms with E-state index in [4.69, 9.17) is 14.2 Å². The minimum Gasteiger partial charge on any atom is -0.496 e. The number of ether oxygens (including phenoxy) is 3. The van der Waals surface area contributed by atoms with Crippen molar-refractivity contribution in [1.82, 2.24) is 15.3 Å². The Morgan fingerprint density at radius 2 is 2.00 bits per heavy atom. The molecule has 20 heavy (non-hydrogen) atoms. The van der Waals surface area contributed by atoms with E-state index in [0.717, 1.165) is 10.6 Å². The highest BCUT2D eigenvalue weighted by Crippen LogP contribution is 2.33. The van der Waals surface area contributed by atoms with Crippen LogP contribution in [0.4, 0.5) is 0 Å². The molecule has 6 nitrogen and oxygen atoms in total. The number of hydrogen-bond donors (Lipinski definition) is 1. The fourth-order valence-corrected chi connectivity index (χ4v) is 2.79. The van der Waals surface area contributed by atoms with Crippen LogP contribution in [-0.2, 0) is 0 Å². The molecule has 2 aromatic rings. The number of rotatable bonds is 6. The molecule has 108 valence electrons. The van der Waals surface area contributed by atoms with Crippen molar-refractivity contribution in [3.8, 4) is 17.5 Å². The highest BCUT2D eigenvalue weighted by atomic mass is 32.1. The van der Waals surface area contributed by atoms with Gasteiger partial charge in [-0.15, -0.1) is 11.3 Å². The predicted molar refractivity (Wildman–Crippen MR) is 76.9 cm³/mol. The number of aromatic nitrogens is 2. The fraction of sp³-hybridized carbons (Fsp3) is 0.385. The second-order valence-electron chi connectivity index (χ2n) is 3.92. The van der Waals surface area contributed by atoms with E-state index in [1.807, 2.05) is 18.5 Å². The van der Waals surface area contributed by atoms with Gasteiger partial charge in [-0.05, 0) is 13.1 Å². The van der Waals surface area contributed by atoms with E-state index in [1.165, 1.54) is 0 Å². The number of nitrogens with zero attached hydrogens (tertiary/aromatic N) is 2. The number of hydrogen-bond acceptors (Lipinski definition) is 7. The number of nitrogens with one attached hydrogen (secondary N) is 1. The van der Waals surface area contributed by atoms with Crippen LogP contribution in [0.25, 0.3) is 0 Å². The first-order valence-electron chi connectivity index (χ1n) is 5.98. The Balaban J connectivity index is 2.40. The molecule has 0 saturated heterocycles. The van der Waals surface area contributed by atoms with Crippen LogP contribution in [0.3, 0.4) is 0 Å². The maximum absolute atomic E-state index is 5.31. The number of methoxy groups -OCH3 is 3. The maximum atomic E-state index is 5.31. The Bertz CT molecular complexity index is 574. The summed E-state index contributed by atoms with van der Waals surface area (Å²) in [4.78, 5) is 9.72. The van der Waals surface area contributed by atoms with Crippen molar-refractivity contribution in [1.29, 1.82) is 0 Å². The molecule has 0 fully saturated rings. The third kappa shape index (κ3) is 2.83. The molecule has 7 heteroatoms. The molecule has 0 aliphatic carbocycles. The summed E-state index contributed by atoms with van der Waals surface area (Å²) in [6.07, 6.45) is 1.58. The molecule has 0 amide bonds. The highest BCUT2D eigenvalue weighted by molar-refractivity contribution is 7.10. The SMILES string of the molecule is CNC(c1cc(OC)cs1)c1ncc(OC)nc1OC. The van der Waals surface area contributed by atoms with Crippen LogP contribution in [0.2, 0.25) is 0 Å². The molecule has 0 radical (unpaired) electrons. The van der Waals surface area contributed by atoms with Crippen molar-refractivity contribution in [2.75, 3.05) is 28.4 Å². The summed E-state index contributed by atoms with van der Waals surface area (Å²) in [6.45, 7) is 0. The van der Waals surface area contributed by atoms with Crippen LogP contribution in [0.15, 0.2) is 17.6 Å². The van der Waals surface area contributed by atoms with Crippen LogP contribution < -0.4 is 19.5 Å². The molecule has 2 heterocycles. The molecule has 0 spiro atoms. The molecule has 1 unspecified atom stereocenters. The second kappa shape index (κ2) is 6.53. The Morgan fingerprint density at radius 3 is 2.55 bits per heavy atom. The molecule has 2 aromatic heterocycles. The highest BCUT2D eigenvalue weighted by Gasteiger charge is 2.22. The maximum Gasteiger partial charge on any atom is 0.240 e. The average molecular weight is 295 g/mol. The fourth-order valence-electron chi connectivity index (χ4n) is 1.82. The second-order valence-corrected chi connectivity index (χ2v) is 4.86. The summed E-state index contributed by atoms with van der Waals surface area (Å²) in [5, 5.41) is 5.16. The van der Waals surface area contributed by atoms with E-state index in [9.17, 15) is 0 Å². The minimum absolute atomic E-state index is 0.114. The van der Waals surface area contributed by atoms with Gasteiger partial charge >= 0.3 is 0 Å². The first kappa shape index (κ1) is 14.5. The molecular formula is C13H17N3O3S. The summed E-state index contributed by atoms with van der Waals surface area (Å²) >= 11 is 1.59. The van der Waals surface area contributed by atoms with Crippen LogP contribution in [0, 0.1) is 0 Å². The van der Waals surface area contributed by atoms with Crippen molar-refractivity contribution < 1.29 is 14.2 Å². The third-order valence-electron chi connectivity index (χ3n) is 2.83. The number of thiophene rings is 1. The zero-order valence-corrected chi connectivity index (χ0v) is 12.7. The third-order valence-corrected chi connectivity index (χ3v) is 3.80. The average Bonchev–Trinajstić information content (AvgIpc) is 2.97. The van der Waals surface area contributed by atoms with E-state index in [1.54, 1.807) is 38.9 Å². The van der Waals surface area contributed by atoms with Gasteiger partial charge in [0.1, 0.15) is 11.4 Å². The van der Waals surface area contributed by atoms with Crippen molar-refractivity contribution in [2.45, 2.75) is 6.04 Å². The largest absolute Gasteiger partial charge is 0.496 e. The van der Waals surface area contributed by atoms with Gasteiger partial charge in [0.25, 0.3) is 0 Å². The van der Waals surface area contributed by atoms with Crippen LogP contribution in [-0.4, -0.2) is 38.3 Å². The monoisotopic (exact) mass is 295 g/mol. The molecule has 0 saturated carbocycles. The van der Waals surface area contributed by atoms with Gasteiger partial charge in [0, 0.05) is 10.3 Å². The van der Waals surface area contributed by atoms with E-state index >= 15 is 0 Å². The molecule has 0 aliphatic heterocycles. The zero-order valence-electron chi connectivity index (χ0n) is 11.8. The van der Waals surface area contributed by atoms with Crippen LogP contribution >= 0.6 is 11.3 Å². The molecule has 1 atom stereocenters. The Kier molecular flexibility index (Phi) is 4.75. The molecular weight excluding hydrogens is 278 g/mol. The lowest BCUT2D eigenvalue weighted by atomic mass is 10.1. The lowest BCUT2D eigenvalue weighted by Gasteiger charge is -2.16. The first-order chi connectivity index (χ1) is 9.73. The van der Waals surface area contributed by atoms with Gasteiger partial charge in [-0.3, -0.25) is 0 Å². The standard InChI is InChI=1S/C13H17N3O3S/c1-14-11(9-5-8(17-2)7-20-9)12-13(19-4)16-10(18-3)6-15-12/h5-7,11,14H,1-4H3. The van der Waals surface area contributed by atoms with Gasteiger partial charge < -0.3 is 19.5 Å². The summed E-state index contributed by atoms with van der Waals surface area (Å²) < 4.78 is 15.6. The normalized spacial score (nSPS) is 12.0. The zero-order chi connectivity index (χ0) is 14.5. The van der Waals surface area contributed by atoms with Crippen molar-refractivity contribution in [3.05, 3.63) is 28.2 Å². The summed E-state index contributed by atoms with van der Waals surface area (Å²) in [5.41, 5.74) is 0.709. The summed E-state index contributed by atoms with van der Waals surface area (Å²) in [5.74, 6) is 1.69. The van der Waals surface area contributed by atoms with Gasteiger partial charge in [-0.1, -0.05) is 0 Å². The Labute approximate surface area is 121 Å². The van der Waals surface area contributed by atoms with Crippen molar-refractivity contribution >= 4 is 11.3 Å². The molecule has 0 bridgehead atoms. The van der Waals surface area contributed by atoms with Crippen LogP contribution in [0.1, 0.15) is 16.6 Å². The van der Waals surface area contributed by atoms with E-state index in [-0.39, 0.29) is 6.04 Å². The van der Waals surface area contributed by atoms with E-state index < -0.39 is 0 Å². The quantitative estimate of drug-likeness (QED) is 0.877. The van der Waals surface area contributed by atoms with Crippen molar-refractivity contribution in [3.63, 3.8) is 0 Å². The molecule has 1 N–H and O–H groups in total. The summed E-state index contributed by atoms with van der Waals surface area (Å²) in [6, 6.07) is 1.86. The van der Waals surface area contributed by atoms with Gasteiger partial charge in [-0.25, -0.2) is 4.98 Å². The molecule has 0 aliphatic rings. The molecule has 2 rings (SSSR count). The summed E-state index contributed by atoms with van der Waals surface area (Å²) in [7, 11) is 6.62. The van der Waals surface area contributed by atoms with Gasteiger partial charge in [0.05, 0.1) is 33.6 Å². The molecule has 0 aromatic carbocycles. The van der Waals surface area contributed by atoms with E-state index in [2.05, 4.69) is 15.3 Å².